The van der Waals surface area contributed by atoms with E-state index < -0.39 is 6.10 Å². The Bertz CT molecular complexity index is 506. The monoisotopic (exact) mass is 277 g/mol. The van der Waals surface area contributed by atoms with Crippen LogP contribution in [0.25, 0.3) is 0 Å². The van der Waals surface area contributed by atoms with Gasteiger partial charge in [0, 0.05) is 6.92 Å². The van der Waals surface area contributed by atoms with Crippen LogP contribution in [0.1, 0.15) is 52.2 Å². The number of aliphatic hydroxyl groups is 1. The predicted octanol–water partition coefficient (Wildman–Crippen LogP) is 3.04. The van der Waals surface area contributed by atoms with E-state index in [1.807, 2.05) is 18.2 Å². The summed E-state index contributed by atoms with van der Waals surface area (Å²) < 4.78 is 6.16. The molecule has 1 aliphatic rings. The second-order valence-corrected chi connectivity index (χ2v) is 5.50. The van der Waals surface area contributed by atoms with Gasteiger partial charge in [0.1, 0.15) is 11.4 Å². The number of carbonyl (C=O) groups is 1. The van der Waals surface area contributed by atoms with Crippen LogP contribution in [0.3, 0.4) is 0 Å². The first kappa shape index (κ1) is 14.9. The summed E-state index contributed by atoms with van der Waals surface area (Å²) in [6, 6.07) is 5.55. The van der Waals surface area contributed by atoms with Crippen molar-refractivity contribution in [1.82, 2.24) is 0 Å². The molecule has 0 fully saturated rings. The van der Waals surface area contributed by atoms with E-state index in [-0.39, 0.29) is 11.5 Å². The van der Waals surface area contributed by atoms with E-state index in [2.05, 4.69) is 13.8 Å². The third-order valence-electron chi connectivity index (χ3n) is 4.20. The van der Waals surface area contributed by atoms with Crippen LogP contribution in [0.4, 0.5) is 5.69 Å². The molecule has 4 heteroatoms. The van der Waals surface area contributed by atoms with E-state index in [0.29, 0.717) is 6.54 Å². The standard InChI is InChI=1S/C16H23NO3/c1-5-16(6-2)10-17(12(4)19)14-9-13(11(3)18)7-8-15(14)20-16/h7-9,11,18H,5-6,10H2,1-4H3. The van der Waals surface area contributed by atoms with Crippen LogP contribution in [0.15, 0.2) is 18.2 Å². The van der Waals surface area contributed by atoms with Gasteiger partial charge in [-0.1, -0.05) is 19.9 Å². The summed E-state index contributed by atoms with van der Waals surface area (Å²) in [6.45, 7) is 8.01. The first-order chi connectivity index (χ1) is 9.42. The van der Waals surface area contributed by atoms with E-state index in [9.17, 15) is 9.90 Å². The van der Waals surface area contributed by atoms with Crippen LogP contribution >= 0.6 is 0 Å². The molecule has 1 aliphatic heterocycles. The van der Waals surface area contributed by atoms with Crippen LogP contribution < -0.4 is 9.64 Å². The molecule has 0 saturated heterocycles. The average Bonchev–Trinajstić information content (AvgIpc) is 2.45. The Morgan fingerprint density at radius 2 is 2.10 bits per heavy atom. The molecule has 0 saturated carbocycles. The molecule has 0 aliphatic carbocycles. The molecule has 0 bridgehead atoms. The minimum Gasteiger partial charge on any atom is -0.483 e. The fourth-order valence-corrected chi connectivity index (χ4v) is 2.63. The van der Waals surface area contributed by atoms with Gasteiger partial charge in [0.25, 0.3) is 0 Å². The minimum absolute atomic E-state index is 0.00330. The van der Waals surface area contributed by atoms with Gasteiger partial charge in [-0.2, -0.15) is 0 Å². The van der Waals surface area contributed by atoms with E-state index >= 15 is 0 Å². The van der Waals surface area contributed by atoms with E-state index in [1.54, 1.807) is 18.7 Å². The number of hydrogen-bond donors (Lipinski definition) is 1. The molecule has 0 spiro atoms. The summed E-state index contributed by atoms with van der Waals surface area (Å²) in [5.41, 5.74) is 1.23. The molecule has 1 aromatic carbocycles. The zero-order valence-electron chi connectivity index (χ0n) is 12.6. The molecule has 0 aromatic heterocycles. The van der Waals surface area contributed by atoms with Crippen LogP contribution in [-0.4, -0.2) is 23.2 Å². The van der Waals surface area contributed by atoms with Gasteiger partial charge in [0.2, 0.25) is 5.91 Å². The minimum atomic E-state index is -0.557. The zero-order valence-corrected chi connectivity index (χ0v) is 12.6. The van der Waals surface area contributed by atoms with Gasteiger partial charge in [-0.05, 0) is 37.5 Å². The van der Waals surface area contributed by atoms with Gasteiger partial charge in [-0.25, -0.2) is 0 Å². The van der Waals surface area contributed by atoms with Crippen molar-refractivity contribution in [1.29, 1.82) is 0 Å². The van der Waals surface area contributed by atoms with E-state index in [1.165, 1.54) is 0 Å². The van der Waals surface area contributed by atoms with Crippen molar-refractivity contribution in [3.63, 3.8) is 0 Å². The fraction of sp³-hybridized carbons (Fsp3) is 0.562. The van der Waals surface area contributed by atoms with Crippen molar-refractivity contribution in [2.45, 2.75) is 52.2 Å². The van der Waals surface area contributed by atoms with E-state index in [0.717, 1.165) is 29.8 Å². The van der Waals surface area contributed by atoms with Crippen LogP contribution in [0.2, 0.25) is 0 Å². The van der Waals surface area contributed by atoms with Gasteiger partial charge in [0.05, 0.1) is 18.3 Å². The lowest BCUT2D eigenvalue weighted by Crippen LogP contribution is -2.51. The lowest BCUT2D eigenvalue weighted by atomic mass is 9.93. The lowest BCUT2D eigenvalue weighted by Gasteiger charge is -2.43. The van der Waals surface area contributed by atoms with Gasteiger partial charge < -0.3 is 14.7 Å². The summed E-state index contributed by atoms with van der Waals surface area (Å²) in [6.07, 6.45) is 1.15. The number of hydrogen-bond acceptors (Lipinski definition) is 3. The number of nitrogens with zero attached hydrogens (tertiary/aromatic N) is 1. The maximum atomic E-state index is 12.0. The molecule has 1 unspecified atom stereocenters. The van der Waals surface area contributed by atoms with Gasteiger partial charge in [-0.3, -0.25) is 4.79 Å². The Morgan fingerprint density at radius 3 is 2.60 bits per heavy atom. The number of rotatable bonds is 3. The molecule has 110 valence electrons. The number of fused-ring (bicyclic) bond motifs is 1. The third kappa shape index (κ3) is 2.52. The van der Waals surface area contributed by atoms with E-state index in [4.69, 9.17) is 4.74 Å². The fourth-order valence-electron chi connectivity index (χ4n) is 2.63. The first-order valence-electron chi connectivity index (χ1n) is 7.21. The molecule has 1 aromatic rings. The van der Waals surface area contributed by atoms with Crippen molar-refractivity contribution in [2.24, 2.45) is 0 Å². The van der Waals surface area contributed by atoms with Gasteiger partial charge in [-0.15, -0.1) is 0 Å². The van der Waals surface area contributed by atoms with Crippen LogP contribution in [0.5, 0.6) is 5.75 Å². The number of amides is 1. The van der Waals surface area contributed by atoms with Crippen molar-refractivity contribution in [3.8, 4) is 5.75 Å². The number of carbonyl (C=O) groups excluding carboxylic acids is 1. The molecule has 4 nitrogen and oxygen atoms in total. The summed E-state index contributed by atoms with van der Waals surface area (Å²) in [5, 5.41) is 9.70. The Balaban J connectivity index is 2.50. The second-order valence-electron chi connectivity index (χ2n) is 5.50. The number of ether oxygens (including phenoxy) is 1. The maximum Gasteiger partial charge on any atom is 0.224 e. The van der Waals surface area contributed by atoms with Crippen LogP contribution in [0, 0.1) is 0 Å². The second kappa shape index (κ2) is 5.44. The van der Waals surface area contributed by atoms with Crippen molar-refractivity contribution in [2.75, 3.05) is 11.4 Å². The quantitative estimate of drug-likeness (QED) is 0.924. The topological polar surface area (TPSA) is 49.8 Å². The molecule has 1 atom stereocenters. The molecule has 20 heavy (non-hydrogen) atoms. The van der Waals surface area contributed by atoms with Crippen LogP contribution in [-0.2, 0) is 4.79 Å². The Morgan fingerprint density at radius 1 is 1.45 bits per heavy atom. The number of aliphatic hydroxyl groups excluding tert-OH is 1. The normalized spacial score (nSPS) is 18.1. The summed E-state index contributed by atoms with van der Waals surface area (Å²) in [4.78, 5) is 13.7. The highest BCUT2D eigenvalue weighted by molar-refractivity contribution is 5.94. The summed E-state index contributed by atoms with van der Waals surface area (Å²) in [7, 11) is 0. The Hall–Kier alpha value is -1.55. The Labute approximate surface area is 120 Å². The lowest BCUT2D eigenvalue weighted by molar-refractivity contribution is -0.117. The highest BCUT2D eigenvalue weighted by atomic mass is 16.5. The molecule has 1 heterocycles. The molecule has 2 rings (SSSR count). The third-order valence-corrected chi connectivity index (χ3v) is 4.20. The molecule has 1 amide bonds. The van der Waals surface area contributed by atoms with Crippen molar-refractivity contribution in [3.05, 3.63) is 23.8 Å². The Kier molecular flexibility index (Phi) is 4.04. The van der Waals surface area contributed by atoms with Crippen molar-refractivity contribution >= 4 is 11.6 Å². The molecule has 0 radical (unpaired) electrons. The molecule has 1 N–H and O–H groups in total. The SMILES string of the molecule is CCC1(CC)CN(C(C)=O)c2cc(C(C)O)ccc2O1. The first-order valence-corrected chi connectivity index (χ1v) is 7.21. The summed E-state index contributed by atoms with van der Waals surface area (Å²) in [5.74, 6) is 0.725. The number of anilines is 1. The number of benzene rings is 1. The van der Waals surface area contributed by atoms with Gasteiger partial charge >= 0.3 is 0 Å². The smallest absolute Gasteiger partial charge is 0.224 e. The highest BCUT2D eigenvalue weighted by Crippen LogP contribution is 2.41. The average molecular weight is 277 g/mol. The van der Waals surface area contributed by atoms with Gasteiger partial charge in [0.15, 0.2) is 0 Å². The predicted molar refractivity (Wildman–Crippen MR) is 79.0 cm³/mol. The zero-order chi connectivity index (χ0) is 14.9. The molecular formula is C16H23NO3. The maximum absolute atomic E-state index is 12.0. The van der Waals surface area contributed by atoms with Crippen molar-refractivity contribution < 1.29 is 14.6 Å². The summed E-state index contributed by atoms with van der Waals surface area (Å²) >= 11 is 0. The highest BCUT2D eigenvalue weighted by Gasteiger charge is 2.38. The molecular weight excluding hydrogens is 254 g/mol. The largest absolute Gasteiger partial charge is 0.483 e.